The number of carbonyl (C=O) groups is 1. The molecule has 4 bridgehead atoms. The van der Waals surface area contributed by atoms with E-state index in [0.717, 1.165) is 11.8 Å². The number of urea groups is 1. The highest BCUT2D eigenvalue weighted by atomic mass is 19.1. The lowest BCUT2D eigenvalue weighted by Gasteiger charge is -2.54. The summed E-state index contributed by atoms with van der Waals surface area (Å²) in [7, 11) is 0. The molecule has 1 aromatic carbocycles. The highest BCUT2D eigenvalue weighted by molar-refractivity contribution is 5.74. The van der Waals surface area contributed by atoms with Crippen molar-refractivity contribution in [2.24, 2.45) is 23.7 Å². The van der Waals surface area contributed by atoms with E-state index >= 15 is 0 Å². The molecule has 4 aliphatic carbocycles. The van der Waals surface area contributed by atoms with Crippen LogP contribution in [0.4, 0.5) is 9.18 Å². The Balaban J connectivity index is 1.27. The summed E-state index contributed by atoms with van der Waals surface area (Å²) < 4.78 is 13.6. The quantitative estimate of drug-likeness (QED) is 0.877. The van der Waals surface area contributed by atoms with E-state index in [1.54, 1.807) is 12.1 Å². The first-order valence-electron chi connectivity index (χ1n) is 8.97. The molecule has 0 saturated heterocycles. The van der Waals surface area contributed by atoms with Crippen LogP contribution in [0.5, 0.6) is 0 Å². The number of benzene rings is 1. The molecule has 0 aromatic heterocycles. The second kappa shape index (κ2) is 6.14. The first-order valence-corrected chi connectivity index (χ1v) is 8.97. The molecule has 0 spiro atoms. The second-order valence-electron chi connectivity index (χ2n) is 7.70. The monoisotopic (exact) mass is 316 g/mol. The van der Waals surface area contributed by atoms with Crippen molar-refractivity contribution in [3.8, 4) is 0 Å². The number of halogens is 1. The van der Waals surface area contributed by atoms with Crippen LogP contribution < -0.4 is 10.6 Å². The lowest BCUT2D eigenvalue weighted by molar-refractivity contribution is -0.00940. The molecule has 4 fully saturated rings. The number of rotatable bonds is 4. The van der Waals surface area contributed by atoms with E-state index in [-0.39, 0.29) is 11.8 Å². The van der Waals surface area contributed by atoms with Crippen molar-refractivity contribution < 1.29 is 9.18 Å². The third-order valence-electron chi connectivity index (χ3n) is 6.16. The fourth-order valence-corrected chi connectivity index (χ4v) is 5.38. The Morgan fingerprint density at radius 3 is 2.35 bits per heavy atom. The topological polar surface area (TPSA) is 41.1 Å². The van der Waals surface area contributed by atoms with Crippen molar-refractivity contribution in [1.29, 1.82) is 0 Å². The van der Waals surface area contributed by atoms with Gasteiger partial charge in [-0.15, -0.1) is 0 Å². The summed E-state index contributed by atoms with van der Waals surface area (Å²) in [5, 5.41) is 6.12. The van der Waals surface area contributed by atoms with Gasteiger partial charge >= 0.3 is 6.03 Å². The first kappa shape index (κ1) is 15.0. The molecular weight excluding hydrogens is 291 g/mol. The van der Waals surface area contributed by atoms with Gasteiger partial charge in [0.2, 0.25) is 0 Å². The summed E-state index contributed by atoms with van der Waals surface area (Å²) in [5.74, 6) is 3.00. The van der Waals surface area contributed by atoms with E-state index in [0.29, 0.717) is 36.4 Å². The molecule has 3 nitrogen and oxygen atoms in total. The predicted octanol–water partition coefficient (Wildman–Crippen LogP) is 3.49. The van der Waals surface area contributed by atoms with Crippen LogP contribution in [0, 0.1) is 29.5 Å². The number of carbonyl (C=O) groups excluding carboxylic acids is 1. The van der Waals surface area contributed by atoms with Crippen molar-refractivity contribution >= 4 is 6.03 Å². The zero-order valence-corrected chi connectivity index (χ0v) is 13.4. The highest BCUT2D eigenvalue weighted by Gasteiger charge is 2.48. The molecule has 5 rings (SSSR count). The fraction of sp³-hybridized carbons (Fsp3) is 0.632. The molecular formula is C19H25FN2O. The molecule has 4 aliphatic rings. The molecule has 1 aromatic rings. The van der Waals surface area contributed by atoms with Crippen molar-refractivity contribution in [2.45, 2.75) is 44.6 Å². The zero-order chi connectivity index (χ0) is 15.8. The molecule has 0 radical (unpaired) electrons. The molecule has 2 amide bonds. The molecule has 0 heterocycles. The minimum Gasteiger partial charge on any atom is -0.338 e. The van der Waals surface area contributed by atoms with Gasteiger partial charge in [-0.05, 0) is 73.8 Å². The SMILES string of the molecule is O=C(NCCc1ccccc1F)NC1C2CC3CC(C2)CC1C3. The van der Waals surface area contributed by atoms with Gasteiger partial charge in [0.25, 0.3) is 0 Å². The summed E-state index contributed by atoms with van der Waals surface area (Å²) in [5.41, 5.74) is 0.655. The van der Waals surface area contributed by atoms with Gasteiger partial charge < -0.3 is 10.6 Å². The van der Waals surface area contributed by atoms with Gasteiger partial charge in [0.1, 0.15) is 5.82 Å². The van der Waals surface area contributed by atoms with Crippen LogP contribution in [0.3, 0.4) is 0 Å². The van der Waals surface area contributed by atoms with Gasteiger partial charge in [-0.1, -0.05) is 18.2 Å². The zero-order valence-electron chi connectivity index (χ0n) is 13.4. The van der Waals surface area contributed by atoms with E-state index in [2.05, 4.69) is 10.6 Å². The fourth-order valence-electron chi connectivity index (χ4n) is 5.38. The van der Waals surface area contributed by atoms with E-state index in [9.17, 15) is 9.18 Å². The third-order valence-corrected chi connectivity index (χ3v) is 6.16. The van der Waals surface area contributed by atoms with Crippen molar-refractivity contribution in [3.63, 3.8) is 0 Å². The predicted molar refractivity (Wildman–Crippen MR) is 87.5 cm³/mol. The Kier molecular flexibility index (Phi) is 4.00. The summed E-state index contributed by atoms with van der Waals surface area (Å²) in [4.78, 5) is 12.2. The summed E-state index contributed by atoms with van der Waals surface area (Å²) in [6.45, 7) is 0.472. The maximum atomic E-state index is 13.6. The minimum absolute atomic E-state index is 0.0844. The van der Waals surface area contributed by atoms with Gasteiger partial charge in [0.15, 0.2) is 0 Å². The van der Waals surface area contributed by atoms with Gasteiger partial charge in [-0.25, -0.2) is 9.18 Å². The summed E-state index contributed by atoms with van der Waals surface area (Å²) in [6, 6.07) is 7.02. The Bertz CT molecular complexity index is 560. The highest BCUT2D eigenvalue weighted by Crippen LogP contribution is 2.53. The molecule has 124 valence electrons. The van der Waals surface area contributed by atoms with Crippen molar-refractivity contribution in [1.82, 2.24) is 10.6 Å². The molecule has 0 atom stereocenters. The van der Waals surface area contributed by atoms with Crippen LogP contribution in [0.25, 0.3) is 0 Å². The van der Waals surface area contributed by atoms with Crippen LogP contribution >= 0.6 is 0 Å². The van der Waals surface area contributed by atoms with Gasteiger partial charge in [-0.2, -0.15) is 0 Å². The number of hydrogen-bond acceptors (Lipinski definition) is 1. The normalized spacial score (nSPS) is 34.4. The van der Waals surface area contributed by atoms with Crippen molar-refractivity contribution in [2.75, 3.05) is 6.54 Å². The summed E-state index contributed by atoms with van der Waals surface area (Å²) >= 11 is 0. The Labute approximate surface area is 137 Å². The molecule has 0 unspecified atom stereocenters. The maximum absolute atomic E-state index is 13.6. The Morgan fingerprint density at radius 1 is 1.04 bits per heavy atom. The number of amides is 2. The Hall–Kier alpha value is -1.58. The van der Waals surface area contributed by atoms with Crippen LogP contribution in [0.2, 0.25) is 0 Å². The van der Waals surface area contributed by atoms with Crippen LogP contribution in [0.1, 0.15) is 37.7 Å². The van der Waals surface area contributed by atoms with E-state index < -0.39 is 0 Å². The average molecular weight is 316 g/mol. The standard InChI is InChI=1S/C19H25FN2O/c20-17-4-2-1-3-14(17)5-6-21-19(23)22-18-15-8-12-7-13(10-15)11-16(18)9-12/h1-4,12-13,15-16,18H,5-11H2,(H2,21,22,23). The third kappa shape index (κ3) is 3.08. The van der Waals surface area contributed by atoms with Gasteiger partial charge in [-0.3, -0.25) is 0 Å². The maximum Gasteiger partial charge on any atom is 0.315 e. The van der Waals surface area contributed by atoms with Crippen LogP contribution in [-0.4, -0.2) is 18.6 Å². The largest absolute Gasteiger partial charge is 0.338 e. The molecule has 2 N–H and O–H groups in total. The van der Waals surface area contributed by atoms with Gasteiger partial charge in [0.05, 0.1) is 0 Å². The summed E-state index contributed by atoms with van der Waals surface area (Å²) in [6.07, 6.45) is 7.15. The molecule has 4 heteroatoms. The number of hydrogen-bond donors (Lipinski definition) is 2. The smallest absolute Gasteiger partial charge is 0.315 e. The lowest BCUT2D eigenvalue weighted by atomic mass is 9.54. The number of nitrogens with one attached hydrogen (secondary N) is 2. The lowest BCUT2D eigenvalue weighted by Crippen LogP contribution is -2.57. The second-order valence-corrected chi connectivity index (χ2v) is 7.70. The van der Waals surface area contributed by atoms with Crippen LogP contribution in [0.15, 0.2) is 24.3 Å². The van der Waals surface area contributed by atoms with Crippen molar-refractivity contribution in [3.05, 3.63) is 35.6 Å². The molecule has 4 saturated carbocycles. The van der Waals surface area contributed by atoms with Gasteiger partial charge in [0, 0.05) is 12.6 Å². The molecule has 0 aliphatic heterocycles. The first-order chi connectivity index (χ1) is 11.2. The van der Waals surface area contributed by atoms with E-state index in [1.807, 2.05) is 6.07 Å². The average Bonchev–Trinajstić information content (AvgIpc) is 2.52. The minimum atomic E-state index is -0.198. The van der Waals surface area contributed by atoms with E-state index in [1.165, 1.54) is 38.2 Å². The van der Waals surface area contributed by atoms with Crippen LogP contribution in [-0.2, 0) is 6.42 Å². The van der Waals surface area contributed by atoms with E-state index in [4.69, 9.17) is 0 Å². The molecule has 23 heavy (non-hydrogen) atoms. The Morgan fingerprint density at radius 2 is 1.70 bits per heavy atom.